The summed E-state index contributed by atoms with van der Waals surface area (Å²) in [5.41, 5.74) is 6.31. The molecule has 6 nitrogen and oxygen atoms in total. The normalized spacial score (nSPS) is 24.1. The van der Waals surface area contributed by atoms with Gasteiger partial charge in [0.25, 0.3) is 0 Å². The minimum atomic E-state index is -1.48. The van der Waals surface area contributed by atoms with E-state index >= 15 is 0 Å². The summed E-state index contributed by atoms with van der Waals surface area (Å²) in [6.07, 6.45) is 3.28. The highest BCUT2D eigenvalue weighted by Gasteiger charge is 2.61. The lowest BCUT2D eigenvalue weighted by molar-refractivity contribution is -0.124. The molecule has 1 atom stereocenters. The number of amides is 1. The van der Waals surface area contributed by atoms with Crippen molar-refractivity contribution in [1.29, 1.82) is 5.26 Å². The van der Waals surface area contributed by atoms with Crippen molar-refractivity contribution in [2.75, 3.05) is 11.4 Å². The second-order valence-corrected chi connectivity index (χ2v) is 7.11. The maximum absolute atomic E-state index is 13.8. The average Bonchev–Trinajstić information content (AvgIpc) is 2.90. The highest BCUT2D eigenvalue weighted by molar-refractivity contribution is 6.20. The van der Waals surface area contributed by atoms with E-state index in [2.05, 4.69) is 13.0 Å². The molecule has 1 aromatic rings. The Hall–Kier alpha value is -3.07. The van der Waals surface area contributed by atoms with Crippen LogP contribution in [0.15, 0.2) is 47.1 Å². The number of unbranched alkanes of at least 4 members (excludes halogenated alkanes) is 1. The third kappa shape index (κ3) is 2.18. The van der Waals surface area contributed by atoms with Crippen LogP contribution in [0.4, 0.5) is 5.69 Å². The van der Waals surface area contributed by atoms with Crippen LogP contribution in [0.3, 0.4) is 0 Å². The van der Waals surface area contributed by atoms with Crippen molar-refractivity contribution in [2.24, 2.45) is 5.73 Å². The number of Topliss-reactive ketones (excluding diaryl/α,β-unsaturated/α-hetero) is 1. The van der Waals surface area contributed by atoms with Crippen LogP contribution in [0.2, 0.25) is 0 Å². The summed E-state index contributed by atoms with van der Waals surface area (Å²) in [4.78, 5) is 28.5. The molecule has 0 radical (unpaired) electrons. The molecule has 27 heavy (non-hydrogen) atoms. The third-order valence-electron chi connectivity index (χ3n) is 5.61. The van der Waals surface area contributed by atoms with Crippen LogP contribution >= 0.6 is 0 Å². The van der Waals surface area contributed by atoms with Gasteiger partial charge >= 0.3 is 0 Å². The van der Waals surface area contributed by atoms with Crippen molar-refractivity contribution in [2.45, 2.75) is 44.4 Å². The highest BCUT2D eigenvalue weighted by Crippen LogP contribution is 2.55. The third-order valence-corrected chi connectivity index (χ3v) is 5.61. The Labute approximate surface area is 157 Å². The molecular weight excluding hydrogens is 342 g/mol. The number of para-hydroxylation sites is 1. The Bertz CT molecular complexity index is 954. The summed E-state index contributed by atoms with van der Waals surface area (Å²) in [6.45, 7) is 2.59. The number of nitriles is 1. The van der Waals surface area contributed by atoms with Gasteiger partial charge in [-0.25, -0.2) is 0 Å². The summed E-state index contributed by atoms with van der Waals surface area (Å²) >= 11 is 0. The Morgan fingerprint density at radius 3 is 2.81 bits per heavy atom. The number of nitrogens with two attached hydrogens (primary N) is 1. The molecule has 0 bridgehead atoms. The molecule has 1 unspecified atom stereocenters. The topological polar surface area (TPSA) is 96.4 Å². The maximum Gasteiger partial charge on any atom is 0.247 e. The number of carbonyl (C=O) groups is 2. The predicted molar refractivity (Wildman–Crippen MR) is 99.2 cm³/mol. The minimum Gasteiger partial charge on any atom is -0.444 e. The summed E-state index contributed by atoms with van der Waals surface area (Å²) in [5.74, 6) is -0.0608. The fourth-order valence-electron chi connectivity index (χ4n) is 4.44. The van der Waals surface area contributed by atoms with Gasteiger partial charge in [-0.3, -0.25) is 9.59 Å². The molecule has 0 saturated heterocycles. The Morgan fingerprint density at radius 1 is 1.30 bits per heavy atom. The Kier molecular flexibility index (Phi) is 4.03. The summed E-state index contributed by atoms with van der Waals surface area (Å²) in [7, 11) is 0. The van der Waals surface area contributed by atoms with Crippen molar-refractivity contribution in [3.63, 3.8) is 0 Å². The van der Waals surface area contributed by atoms with Gasteiger partial charge in [-0.2, -0.15) is 5.26 Å². The van der Waals surface area contributed by atoms with Crippen molar-refractivity contribution in [3.8, 4) is 6.07 Å². The second-order valence-electron chi connectivity index (χ2n) is 7.11. The number of hydrogen-bond donors (Lipinski definition) is 1. The quantitative estimate of drug-likeness (QED) is 0.891. The lowest BCUT2D eigenvalue weighted by atomic mass is 9.65. The number of fused-ring (bicyclic) bond motifs is 3. The van der Waals surface area contributed by atoms with Crippen LogP contribution in [0.25, 0.3) is 0 Å². The van der Waals surface area contributed by atoms with Crippen molar-refractivity contribution in [3.05, 3.63) is 52.6 Å². The van der Waals surface area contributed by atoms with Crippen LogP contribution in [0.5, 0.6) is 0 Å². The largest absolute Gasteiger partial charge is 0.444 e. The molecule has 6 heteroatoms. The SMILES string of the molecule is CCCCN1C(=O)C2(C(C#N)=C(N)OC3=C2C(=O)CCC3)c2ccccc21. The number of hydrogen-bond acceptors (Lipinski definition) is 5. The molecule has 3 aliphatic rings. The van der Waals surface area contributed by atoms with Gasteiger partial charge in [-0.1, -0.05) is 31.5 Å². The van der Waals surface area contributed by atoms with Crippen LogP contribution in [0.1, 0.15) is 44.6 Å². The van der Waals surface area contributed by atoms with E-state index in [4.69, 9.17) is 10.5 Å². The van der Waals surface area contributed by atoms with Crippen molar-refractivity contribution >= 4 is 17.4 Å². The first-order valence-electron chi connectivity index (χ1n) is 9.33. The van der Waals surface area contributed by atoms with E-state index in [0.29, 0.717) is 42.7 Å². The number of carbonyl (C=O) groups excluding carboxylic acids is 2. The lowest BCUT2D eigenvalue weighted by Crippen LogP contribution is -2.49. The zero-order valence-electron chi connectivity index (χ0n) is 15.2. The van der Waals surface area contributed by atoms with E-state index in [1.807, 2.05) is 24.3 Å². The van der Waals surface area contributed by atoms with Gasteiger partial charge in [0, 0.05) is 30.6 Å². The molecule has 2 heterocycles. The Morgan fingerprint density at radius 2 is 2.07 bits per heavy atom. The number of ether oxygens (including phenoxy) is 1. The van der Waals surface area contributed by atoms with Crippen LogP contribution in [0, 0.1) is 11.3 Å². The molecule has 2 N–H and O–H groups in total. The summed E-state index contributed by atoms with van der Waals surface area (Å²) in [5, 5.41) is 9.90. The summed E-state index contributed by atoms with van der Waals surface area (Å²) in [6, 6.07) is 9.46. The van der Waals surface area contributed by atoms with Gasteiger partial charge in [-0.15, -0.1) is 0 Å². The Balaban J connectivity index is 2.04. The van der Waals surface area contributed by atoms with E-state index in [-0.39, 0.29) is 23.1 Å². The fourth-order valence-corrected chi connectivity index (χ4v) is 4.44. The smallest absolute Gasteiger partial charge is 0.247 e. The van der Waals surface area contributed by atoms with E-state index < -0.39 is 5.41 Å². The second kappa shape index (κ2) is 6.27. The van der Waals surface area contributed by atoms with Crippen LogP contribution in [-0.4, -0.2) is 18.2 Å². The minimum absolute atomic E-state index is 0.0212. The molecule has 1 aliphatic carbocycles. The number of allylic oxidation sites excluding steroid dienone is 1. The van der Waals surface area contributed by atoms with Crippen molar-refractivity contribution in [1.82, 2.24) is 0 Å². The first kappa shape index (κ1) is 17.3. The molecule has 1 spiro atoms. The molecule has 138 valence electrons. The van der Waals surface area contributed by atoms with Crippen LogP contribution in [-0.2, 0) is 19.7 Å². The molecular formula is C21H21N3O3. The molecule has 0 saturated carbocycles. The first-order chi connectivity index (χ1) is 13.1. The zero-order chi connectivity index (χ0) is 19.2. The molecule has 1 amide bonds. The first-order valence-corrected chi connectivity index (χ1v) is 9.33. The highest BCUT2D eigenvalue weighted by atomic mass is 16.5. The number of rotatable bonds is 3. The number of anilines is 1. The fraction of sp³-hybridized carbons (Fsp3) is 0.381. The van der Waals surface area contributed by atoms with Crippen molar-refractivity contribution < 1.29 is 14.3 Å². The number of ketones is 1. The number of nitrogens with zero attached hydrogens (tertiary/aromatic N) is 2. The molecule has 2 aliphatic heterocycles. The van der Waals surface area contributed by atoms with Crippen LogP contribution < -0.4 is 10.6 Å². The van der Waals surface area contributed by atoms with E-state index in [9.17, 15) is 14.9 Å². The van der Waals surface area contributed by atoms with E-state index in [1.165, 1.54) is 0 Å². The van der Waals surface area contributed by atoms with E-state index in [0.717, 1.165) is 18.5 Å². The maximum atomic E-state index is 13.8. The van der Waals surface area contributed by atoms with Gasteiger partial charge in [0.2, 0.25) is 11.8 Å². The van der Waals surface area contributed by atoms with Gasteiger partial charge in [0.15, 0.2) is 5.78 Å². The molecule has 4 rings (SSSR count). The molecule has 0 aromatic heterocycles. The van der Waals surface area contributed by atoms with Gasteiger partial charge in [0.05, 0.1) is 5.57 Å². The molecule has 0 fully saturated rings. The summed E-state index contributed by atoms with van der Waals surface area (Å²) < 4.78 is 5.65. The molecule has 1 aromatic carbocycles. The van der Waals surface area contributed by atoms with Gasteiger partial charge in [0.1, 0.15) is 22.8 Å². The average molecular weight is 363 g/mol. The van der Waals surface area contributed by atoms with Gasteiger partial charge in [-0.05, 0) is 18.9 Å². The van der Waals surface area contributed by atoms with Gasteiger partial charge < -0.3 is 15.4 Å². The number of benzene rings is 1. The lowest BCUT2D eigenvalue weighted by Gasteiger charge is -2.37. The van der Waals surface area contributed by atoms with E-state index in [1.54, 1.807) is 4.90 Å². The predicted octanol–water partition coefficient (Wildman–Crippen LogP) is 2.80. The zero-order valence-corrected chi connectivity index (χ0v) is 15.2. The monoisotopic (exact) mass is 363 g/mol. The standard InChI is InChI=1S/C21H21N3O3/c1-2-3-11-24-15-8-5-4-7-13(15)21(20(24)26)14(12-22)19(23)27-17-10-6-9-16(25)18(17)21/h4-5,7-8H,2-3,6,9-11,23H2,1H3.